The molecule has 1 saturated heterocycles. The molecule has 1 atom stereocenters. The van der Waals surface area contributed by atoms with Crippen LogP contribution in [0, 0.1) is 0 Å². The monoisotopic (exact) mass is 273 g/mol. The van der Waals surface area contributed by atoms with E-state index in [0.717, 1.165) is 19.3 Å². The van der Waals surface area contributed by atoms with Gasteiger partial charge in [-0.05, 0) is 19.3 Å². The second-order valence-corrected chi connectivity index (χ2v) is 4.56. The molecule has 0 saturated carbocycles. The van der Waals surface area contributed by atoms with Crippen LogP contribution >= 0.6 is 0 Å². The van der Waals surface area contributed by atoms with E-state index in [9.17, 15) is 9.59 Å². The molecule has 0 aromatic heterocycles. The SMILES string of the molecule is COCCOCC(=O)N1CCCCC1CC(=O)OC. The topological polar surface area (TPSA) is 65.1 Å². The van der Waals surface area contributed by atoms with Gasteiger partial charge in [0.1, 0.15) is 6.61 Å². The van der Waals surface area contributed by atoms with E-state index in [0.29, 0.717) is 19.8 Å². The standard InChI is InChI=1S/C13H23NO5/c1-17-7-8-19-10-12(15)14-6-4-3-5-11(14)9-13(16)18-2/h11H,3-10H2,1-2H3. The highest BCUT2D eigenvalue weighted by molar-refractivity contribution is 5.79. The lowest BCUT2D eigenvalue weighted by atomic mass is 9.99. The first-order chi connectivity index (χ1) is 9.19. The number of rotatable bonds is 7. The molecule has 1 aliphatic rings. The van der Waals surface area contributed by atoms with Crippen molar-refractivity contribution in [2.75, 3.05) is 40.6 Å². The molecule has 1 fully saturated rings. The van der Waals surface area contributed by atoms with Crippen molar-refractivity contribution in [1.82, 2.24) is 4.90 Å². The normalized spacial score (nSPS) is 19.3. The molecule has 0 spiro atoms. The number of hydrogen-bond acceptors (Lipinski definition) is 5. The summed E-state index contributed by atoms with van der Waals surface area (Å²) in [6.07, 6.45) is 3.12. The third kappa shape index (κ3) is 5.57. The smallest absolute Gasteiger partial charge is 0.307 e. The van der Waals surface area contributed by atoms with E-state index in [4.69, 9.17) is 9.47 Å². The van der Waals surface area contributed by atoms with Gasteiger partial charge in [-0.3, -0.25) is 9.59 Å². The molecule has 110 valence electrons. The van der Waals surface area contributed by atoms with Gasteiger partial charge in [-0.15, -0.1) is 0 Å². The zero-order chi connectivity index (χ0) is 14.1. The summed E-state index contributed by atoms with van der Waals surface area (Å²) in [5, 5.41) is 0. The quantitative estimate of drug-likeness (QED) is 0.502. The Hall–Kier alpha value is -1.14. The Labute approximate surface area is 114 Å². The minimum atomic E-state index is -0.273. The van der Waals surface area contributed by atoms with Gasteiger partial charge < -0.3 is 19.1 Å². The summed E-state index contributed by atoms with van der Waals surface area (Å²) in [5.74, 6) is -0.338. The first-order valence-electron chi connectivity index (χ1n) is 6.62. The number of methoxy groups -OCH3 is 2. The number of amides is 1. The molecule has 0 bridgehead atoms. The van der Waals surface area contributed by atoms with Gasteiger partial charge in [-0.1, -0.05) is 0 Å². The highest BCUT2D eigenvalue weighted by Crippen LogP contribution is 2.20. The molecule has 19 heavy (non-hydrogen) atoms. The summed E-state index contributed by atoms with van der Waals surface area (Å²) >= 11 is 0. The van der Waals surface area contributed by atoms with Gasteiger partial charge in [0.05, 0.1) is 26.7 Å². The minimum absolute atomic E-state index is 0.0427. The Bertz CT molecular complexity index is 295. The number of nitrogens with zero attached hydrogens (tertiary/aromatic N) is 1. The van der Waals surface area contributed by atoms with Crippen LogP contribution in [0.3, 0.4) is 0 Å². The Morgan fingerprint density at radius 2 is 2.00 bits per heavy atom. The Kier molecular flexibility index (Phi) is 7.43. The number of carbonyl (C=O) groups excluding carboxylic acids is 2. The van der Waals surface area contributed by atoms with Gasteiger partial charge >= 0.3 is 5.97 Å². The van der Waals surface area contributed by atoms with E-state index in [-0.39, 0.29) is 30.9 Å². The van der Waals surface area contributed by atoms with Crippen molar-refractivity contribution in [3.05, 3.63) is 0 Å². The molecule has 1 unspecified atom stereocenters. The second-order valence-electron chi connectivity index (χ2n) is 4.56. The second kappa shape index (κ2) is 8.87. The van der Waals surface area contributed by atoms with Gasteiger partial charge in [0.15, 0.2) is 0 Å². The van der Waals surface area contributed by atoms with Gasteiger partial charge in [-0.25, -0.2) is 0 Å². The molecule has 0 aliphatic carbocycles. The molecule has 0 radical (unpaired) electrons. The molecular weight excluding hydrogens is 250 g/mol. The van der Waals surface area contributed by atoms with Gasteiger partial charge in [0.25, 0.3) is 0 Å². The zero-order valence-corrected chi connectivity index (χ0v) is 11.7. The lowest BCUT2D eigenvalue weighted by molar-refractivity contribution is -0.146. The first-order valence-corrected chi connectivity index (χ1v) is 6.62. The van der Waals surface area contributed by atoms with Crippen LogP contribution < -0.4 is 0 Å². The summed E-state index contributed by atoms with van der Waals surface area (Å²) in [6, 6.07) is -0.0558. The van der Waals surface area contributed by atoms with Crippen molar-refractivity contribution in [2.24, 2.45) is 0 Å². The summed E-state index contributed by atoms with van der Waals surface area (Å²) in [4.78, 5) is 25.1. The fourth-order valence-electron chi connectivity index (χ4n) is 2.20. The van der Waals surface area contributed by atoms with Gasteiger partial charge in [0.2, 0.25) is 5.91 Å². The van der Waals surface area contributed by atoms with Gasteiger partial charge in [-0.2, -0.15) is 0 Å². The summed E-state index contributed by atoms with van der Waals surface area (Å²) in [5.41, 5.74) is 0. The average molecular weight is 273 g/mol. The van der Waals surface area contributed by atoms with E-state index in [1.165, 1.54) is 7.11 Å². The molecular formula is C13H23NO5. The van der Waals surface area contributed by atoms with Gasteiger partial charge in [0, 0.05) is 19.7 Å². The van der Waals surface area contributed by atoms with Crippen LogP contribution in [0.2, 0.25) is 0 Å². The van der Waals surface area contributed by atoms with Crippen molar-refractivity contribution in [1.29, 1.82) is 0 Å². The lowest BCUT2D eigenvalue weighted by Gasteiger charge is -2.35. The van der Waals surface area contributed by atoms with Crippen LogP contribution in [0.1, 0.15) is 25.7 Å². The molecule has 0 aromatic carbocycles. The lowest BCUT2D eigenvalue weighted by Crippen LogP contribution is -2.46. The fraction of sp³-hybridized carbons (Fsp3) is 0.846. The number of carbonyl (C=O) groups is 2. The third-order valence-electron chi connectivity index (χ3n) is 3.23. The van der Waals surface area contributed by atoms with E-state index < -0.39 is 0 Å². The first kappa shape index (κ1) is 15.9. The molecule has 1 amide bonds. The third-order valence-corrected chi connectivity index (χ3v) is 3.23. The fourth-order valence-corrected chi connectivity index (χ4v) is 2.20. The molecule has 0 N–H and O–H groups in total. The van der Waals surface area contributed by atoms with Crippen molar-refractivity contribution >= 4 is 11.9 Å². The molecule has 1 aliphatic heterocycles. The molecule has 1 heterocycles. The van der Waals surface area contributed by atoms with Crippen LogP contribution in [-0.4, -0.2) is 63.4 Å². The van der Waals surface area contributed by atoms with Crippen LogP contribution in [0.5, 0.6) is 0 Å². The largest absolute Gasteiger partial charge is 0.469 e. The van der Waals surface area contributed by atoms with Crippen molar-refractivity contribution in [3.8, 4) is 0 Å². The Morgan fingerprint density at radius 3 is 2.68 bits per heavy atom. The van der Waals surface area contributed by atoms with Crippen LogP contribution in [0.4, 0.5) is 0 Å². The summed E-state index contributed by atoms with van der Waals surface area (Å²) < 4.78 is 14.8. The van der Waals surface area contributed by atoms with E-state index in [2.05, 4.69) is 4.74 Å². The highest BCUT2D eigenvalue weighted by atomic mass is 16.5. The van der Waals surface area contributed by atoms with Crippen molar-refractivity contribution in [2.45, 2.75) is 31.7 Å². The molecule has 6 heteroatoms. The predicted octanol–water partition coefficient (Wildman–Crippen LogP) is 0.594. The van der Waals surface area contributed by atoms with Crippen LogP contribution in [0.15, 0.2) is 0 Å². The number of hydrogen-bond donors (Lipinski definition) is 0. The maximum absolute atomic E-state index is 12.0. The maximum atomic E-state index is 12.0. The maximum Gasteiger partial charge on any atom is 0.307 e. The van der Waals surface area contributed by atoms with E-state index in [1.54, 1.807) is 12.0 Å². The molecule has 0 aromatic rings. The predicted molar refractivity (Wildman–Crippen MR) is 68.7 cm³/mol. The highest BCUT2D eigenvalue weighted by Gasteiger charge is 2.28. The Balaban J connectivity index is 2.41. The number of esters is 1. The molecule has 6 nitrogen and oxygen atoms in total. The van der Waals surface area contributed by atoms with Crippen LogP contribution in [0.25, 0.3) is 0 Å². The summed E-state index contributed by atoms with van der Waals surface area (Å²) in [6.45, 7) is 1.60. The molecule has 1 rings (SSSR count). The Morgan fingerprint density at radius 1 is 1.21 bits per heavy atom. The number of piperidine rings is 1. The van der Waals surface area contributed by atoms with E-state index in [1.807, 2.05) is 0 Å². The zero-order valence-electron chi connectivity index (χ0n) is 11.7. The minimum Gasteiger partial charge on any atom is -0.469 e. The summed E-state index contributed by atoms with van der Waals surface area (Å²) in [7, 11) is 2.95. The van der Waals surface area contributed by atoms with Crippen molar-refractivity contribution < 1.29 is 23.8 Å². The van der Waals surface area contributed by atoms with Crippen molar-refractivity contribution in [3.63, 3.8) is 0 Å². The van der Waals surface area contributed by atoms with E-state index >= 15 is 0 Å². The number of likely N-dealkylation sites (tertiary alicyclic amines) is 1. The van der Waals surface area contributed by atoms with Crippen LogP contribution in [-0.2, 0) is 23.8 Å². The average Bonchev–Trinajstić information content (AvgIpc) is 2.43. The number of ether oxygens (including phenoxy) is 3.